The average Bonchev–Trinajstić information content (AvgIpc) is 3.95. The molecule has 17 heteroatoms. The Hall–Kier alpha value is -5.06. The Morgan fingerprint density at radius 3 is 1.76 bits per heavy atom. The van der Waals surface area contributed by atoms with Crippen molar-refractivity contribution in [1.82, 2.24) is 54.8 Å². The fraction of sp³-hybridized carbons (Fsp3) is 0.483. The van der Waals surface area contributed by atoms with E-state index in [9.17, 15) is 4.79 Å². The van der Waals surface area contributed by atoms with Crippen LogP contribution in [0.4, 0.5) is 4.79 Å². The van der Waals surface area contributed by atoms with E-state index in [1.54, 1.807) is 43.1 Å². The highest BCUT2D eigenvalue weighted by Gasteiger charge is 2.32. The monoisotopic (exact) mass is 646 g/mol. The highest BCUT2D eigenvalue weighted by atomic mass is 35.5. The van der Waals surface area contributed by atoms with Crippen LogP contribution in [0.5, 0.6) is 0 Å². The van der Waals surface area contributed by atoms with Gasteiger partial charge in [-0.1, -0.05) is 0 Å². The first kappa shape index (κ1) is 33.8. The topological polar surface area (TPSA) is 225 Å². The molecule has 4 heterocycles. The van der Waals surface area contributed by atoms with Crippen molar-refractivity contribution in [3.63, 3.8) is 0 Å². The van der Waals surface area contributed by atoms with Crippen LogP contribution in [0.25, 0.3) is 11.6 Å². The number of halogens is 1. The zero-order chi connectivity index (χ0) is 32.3. The van der Waals surface area contributed by atoms with E-state index in [1.165, 1.54) is 18.7 Å². The summed E-state index contributed by atoms with van der Waals surface area (Å²) in [6.07, 6.45) is 6.45. The first-order valence-corrected chi connectivity index (χ1v) is 14.6. The summed E-state index contributed by atoms with van der Waals surface area (Å²) in [6.45, 7) is 9.05. The number of amides is 1. The third kappa shape index (κ3) is 8.35. The Balaban J connectivity index is 0.000000213. The van der Waals surface area contributed by atoms with Gasteiger partial charge in [0.25, 0.3) is 0 Å². The van der Waals surface area contributed by atoms with Gasteiger partial charge in [-0.15, -0.1) is 22.6 Å². The number of rotatable bonds is 7. The molecule has 16 nitrogen and oxygen atoms in total. The molecule has 0 bridgehead atoms. The van der Waals surface area contributed by atoms with Crippen molar-refractivity contribution in [3.05, 3.63) is 59.5 Å². The van der Waals surface area contributed by atoms with Crippen LogP contribution in [0.1, 0.15) is 119 Å². The van der Waals surface area contributed by atoms with Gasteiger partial charge in [0.1, 0.15) is 41.8 Å². The number of nitrogens with one attached hydrogen (secondary N) is 1. The quantitative estimate of drug-likeness (QED) is 0.293. The van der Waals surface area contributed by atoms with E-state index in [1.807, 2.05) is 19.1 Å². The maximum absolute atomic E-state index is 12.1. The molecule has 2 aliphatic rings. The molecule has 0 radical (unpaired) electrons. The van der Waals surface area contributed by atoms with E-state index >= 15 is 0 Å². The van der Waals surface area contributed by atoms with Gasteiger partial charge in [0.15, 0.2) is 34.9 Å². The van der Waals surface area contributed by atoms with Crippen molar-refractivity contribution in [2.75, 3.05) is 0 Å². The largest absolute Gasteiger partial charge is 0.444 e. The molecule has 1 amide bonds. The minimum absolute atomic E-state index is 0. The second kappa shape index (κ2) is 13.9. The first-order chi connectivity index (χ1) is 21.5. The van der Waals surface area contributed by atoms with Gasteiger partial charge < -0.3 is 15.8 Å². The number of alkyl carbamates (subject to hydrolysis) is 1. The van der Waals surface area contributed by atoms with Crippen molar-refractivity contribution in [1.29, 1.82) is 10.5 Å². The predicted molar refractivity (Wildman–Crippen MR) is 165 cm³/mol. The van der Waals surface area contributed by atoms with Gasteiger partial charge >= 0.3 is 6.09 Å². The highest BCUT2D eigenvalue weighted by Crippen LogP contribution is 2.39. The zero-order valence-corrected chi connectivity index (χ0v) is 26.9. The van der Waals surface area contributed by atoms with E-state index in [-0.39, 0.29) is 24.1 Å². The SMILES string of the molecule is C[C@H](N)c1nc(C2CC2)nn1-c1cc(C#N)ncn1.C[C@H](NC(=O)OC(C)(C)C)c1nc(C2CC2)nn1-c1cc(C#N)ncn1.Cl. The fourth-order valence-corrected chi connectivity index (χ4v) is 4.22. The molecule has 3 N–H and O–H groups in total. The van der Waals surface area contributed by atoms with Gasteiger partial charge in [-0.05, 0) is 60.3 Å². The Labute approximate surface area is 271 Å². The average molecular weight is 647 g/mol. The first-order valence-electron chi connectivity index (χ1n) is 14.6. The second-order valence-electron chi connectivity index (χ2n) is 11.9. The molecular formula is C29H35ClN14O2. The highest BCUT2D eigenvalue weighted by molar-refractivity contribution is 5.85. The molecule has 0 unspecified atom stereocenters. The molecule has 0 saturated heterocycles. The Morgan fingerprint density at radius 2 is 1.35 bits per heavy atom. The number of ether oxygens (including phenoxy) is 1. The van der Waals surface area contributed by atoms with E-state index in [0.29, 0.717) is 40.8 Å². The van der Waals surface area contributed by atoms with Crippen LogP contribution < -0.4 is 11.1 Å². The van der Waals surface area contributed by atoms with Crippen LogP contribution in [0.3, 0.4) is 0 Å². The number of aromatic nitrogens is 10. The maximum Gasteiger partial charge on any atom is 0.408 e. The van der Waals surface area contributed by atoms with Gasteiger partial charge in [-0.3, -0.25) is 0 Å². The Morgan fingerprint density at radius 1 is 0.891 bits per heavy atom. The molecule has 4 aromatic heterocycles. The summed E-state index contributed by atoms with van der Waals surface area (Å²) in [7, 11) is 0. The Bertz CT molecular complexity index is 1770. The second-order valence-corrected chi connectivity index (χ2v) is 11.9. The van der Waals surface area contributed by atoms with E-state index < -0.39 is 17.7 Å². The van der Waals surface area contributed by atoms with E-state index in [4.69, 9.17) is 21.0 Å². The number of carbonyl (C=O) groups excluding carboxylic acids is 1. The Kier molecular flexibility index (Phi) is 10.2. The normalized spacial score (nSPS) is 15.2. The zero-order valence-electron chi connectivity index (χ0n) is 26.1. The molecule has 4 aromatic rings. The number of nitriles is 2. The standard InChI is InChI=1S/C17H21N7O2.C12H13N7.ClH/c1-10(21-16(25)26-17(2,3)4)15-22-14(11-5-6-11)23-24(15)13-7-12(8-18)19-9-20-13;1-7(14)12-17-11(8-2-3-8)18-19(12)10-4-9(5-13)15-6-16-10;/h7,9-11H,5-6H2,1-4H3,(H,21,25);4,6-8H,2-3,14H2,1H3;1H/t10-;7-;/m00./s1. The molecule has 240 valence electrons. The summed E-state index contributed by atoms with van der Waals surface area (Å²) in [5.74, 6) is 4.45. The van der Waals surface area contributed by atoms with Gasteiger partial charge in [0.05, 0.1) is 12.1 Å². The van der Waals surface area contributed by atoms with Crippen molar-refractivity contribution in [2.24, 2.45) is 5.73 Å². The molecule has 46 heavy (non-hydrogen) atoms. The summed E-state index contributed by atoms with van der Waals surface area (Å²) in [5, 5.41) is 29.7. The lowest BCUT2D eigenvalue weighted by atomic mass is 10.2. The third-order valence-corrected chi connectivity index (χ3v) is 6.68. The lowest BCUT2D eigenvalue weighted by Crippen LogP contribution is -2.35. The predicted octanol–water partition coefficient (Wildman–Crippen LogP) is 3.64. The van der Waals surface area contributed by atoms with Crippen molar-refractivity contribution < 1.29 is 9.53 Å². The van der Waals surface area contributed by atoms with Gasteiger partial charge in [0, 0.05) is 24.0 Å². The fourth-order valence-electron chi connectivity index (χ4n) is 4.22. The van der Waals surface area contributed by atoms with E-state index in [0.717, 1.165) is 37.3 Å². The molecule has 2 aliphatic carbocycles. The van der Waals surface area contributed by atoms with Crippen molar-refractivity contribution in [2.45, 2.75) is 89.8 Å². The molecule has 2 saturated carbocycles. The van der Waals surface area contributed by atoms with Crippen LogP contribution in [0.2, 0.25) is 0 Å². The van der Waals surface area contributed by atoms with Crippen LogP contribution in [0.15, 0.2) is 24.8 Å². The van der Waals surface area contributed by atoms with Crippen molar-refractivity contribution >= 4 is 18.5 Å². The third-order valence-electron chi connectivity index (χ3n) is 6.68. The minimum Gasteiger partial charge on any atom is -0.444 e. The number of nitrogens with zero attached hydrogens (tertiary/aromatic N) is 12. The number of carbonyl (C=O) groups is 1. The molecule has 2 atom stereocenters. The number of hydrogen-bond acceptors (Lipinski definition) is 13. The minimum atomic E-state index is -0.592. The summed E-state index contributed by atoms with van der Waals surface area (Å²) in [5.41, 5.74) is 5.86. The smallest absolute Gasteiger partial charge is 0.408 e. The molecule has 2 fully saturated rings. The lowest BCUT2D eigenvalue weighted by Gasteiger charge is -2.21. The maximum atomic E-state index is 12.1. The molecule has 0 spiro atoms. The summed E-state index contributed by atoms with van der Waals surface area (Å²) >= 11 is 0. The summed E-state index contributed by atoms with van der Waals surface area (Å²) < 4.78 is 8.47. The van der Waals surface area contributed by atoms with Crippen molar-refractivity contribution in [3.8, 4) is 23.8 Å². The van der Waals surface area contributed by atoms with Crippen LogP contribution in [-0.2, 0) is 4.74 Å². The number of hydrogen-bond donors (Lipinski definition) is 2. The van der Waals surface area contributed by atoms with Crippen LogP contribution in [-0.4, -0.2) is 61.2 Å². The van der Waals surface area contributed by atoms with Gasteiger partial charge in [-0.2, -0.15) is 19.9 Å². The summed E-state index contributed by atoms with van der Waals surface area (Å²) in [6, 6.07) is 6.38. The lowest BCUT2D eigenvalue weighted by molar-refractivity contribution is 0.0505. The molecule has 0 aromatic carbocycles. The molecular weight excluding hydrogens is 612 g/mol. The molecule has 0 aliphatic heterocycles. The number of nitrogens with two attached hydrogens (primary N) is 1. The summed E-state index contributed by atoms with van der Waals surface area (Å²) in [4.78, 5) is 37.2. The molecule has 6 rings (SSSR count). The van der Waals surface area contributed by atoms with E-state index in [2.05, 4.69) is 45.4 Å². The van der Waals surface area contributed by atoms with Crippen LogP contribution in [0, 0.1) is 22.7 Å². The van der Waals surface area contributed by atoms with Gasteiger partial charge in [-0.25, -0.2) is 34.7 Å². The van der Waals surface area contributed by atoms with Gasteiger partial charge in [0.2, 0.25) is 0 Å². The van der Waals surface area contributed by atoms with Crippen LogP contribution >= 0.6 is 12.4 Å².